The molecule has 1 aliphatic carbocycles. The van der Waals surface area contributed by atoms with Crippen molar-refractivity contribution in [2.45, 2.75) is 73.1 Å². The summed E-state index contributed by atoms with van der Waals surface area (Å²) in [5.74, 6) is 0.328. The van der Waals surface area contributed by atoms with E-state index in [1.165, 1.54) is 0 Å². The van der Waals surface area contributed by atoms with Crippen molar-refractivity contribution in [1.29, 1.82) is 0 Å². The molecule has 2 nitrogen and oxygen atoms in total. The Kier molecular flexibility index (Phi) is 4.32. The van der Waals surface area contributed by atoms with Gasteiger partial charge < -0.3 is 10.2 Å². The molecule has 0 saturated heterocycles. The molecule has 2 aromatic rings. The van der Waals surface area contributed by atoms with Gasteiger partial charge >= 0.3 is 0 Å². The van der Waals surface area contributed by atoms with Crippen LogP contribution in [0.1, 0.15) is 84.6 Å². The molecule has 0 spiro atoms. The smallest absolute Gasteiger partial charge is 0.149 e. The van der Waals surface area contributed by atoms with Crippen LogP contribution in [-0.2, 0) is 10.8 Å². The number of benzene rings is 2. The molecule has 0 atom stereocenters. The van der Waals surface area contributed by atoms with E-state index >= 15 is 0 Å². The van der Waals surface area contributed by atoms with E-state index in [0.29, 0.717) is 11.9 Å². The van der Waals surface area contributed by atoms with Gasteiger partial charge in [0.2, 0.25) is 0 Å². The fraction of sp³-hybridized carbons (Fsp3) is 0.480. The molecule has 2 N–H and O–H groups in total. The average Bonchev–Trinajstić information content (AvgIpc) is 2.49. The van der Waals surface area contributed by atoms with Gasteiger partial charge in [0, 0.05) is 16.5 Å². The third-order valence-electron chi connectivity index (χ3n) is 5.53. The number of hydrogen-bond acceptors (Lipinski definition) is 2. The predicted molar refractivity (Wildman–Crippen MR) is 115 cm³/mol. The van der Waals surface area contributed by atoms with Crippen molar-refractivity contribution < 1.29 is 10.2 Å². The van der Waals surface area contributed by atoms with Crippen molar-refractivity contribution in [3.05, 3.63) is 52.1 Å². The highest BCUT2D eigenvalue weighted by Crippen LogP contribution is 2.49. The van der Waals surface area contributed by atoms with Crippen LogP contribution in [0.4, 0.5) is 0 Å². The molecule has 145 valence electrons. The number of aliphatic hydroxyl groups is 1. The summed E-state index contributed by atoms with van der Waals surface area (Å²) in [7, 11) is 0. The molecule has 27 heavy (non-hydrogen) atoms. The molecule has 0 unspecified atom stereocenters. The molecule has 0 heterocycles. The van der Waals surface area contributed by atoms with Gasteiger partial charge in [0.05, 0.1) is 0 Å². The standard InChI is InChI=1S/C25H33O2/c1-23(2,3)15-12-16-20-14(10-18(21(16)26)24(4,5)6)11-19(25(7,8)9)22(27)17(20)13-15/h10-13,26-27H,1-9H3. The normalized spacial score (nSPS) is 16.0. The first-order valence-electron chi connectivity index (χ1n) is 9.76. The van der Waals surface area contributed by atoms with Gasteiger partial charge in [-0.3, -0.25) is 0 Å². The van der Waals surface area contributed by atoms with Crippen molar-refractivity contribution in [3.63, 3.8) is 0 Å². The van der Waals surface area contributed by atoms with Crippen molar-refractivity contribution in [2.24, 2.45) is 5.41 Å². The highest BCUT2D eigenvalue weighted by atomic mass is 16.3. The van der Waals surface area contributed by atoms with E-state index in [2.05, 4.69) is 86.6 Å². The maximum atomic E-state index is 11.1. The molecule has 0 saturated carbocycles. The lowest BCUT2D eigenvalue weighted by atomic mass is 9.72. The summed E-state index contributed by atoms with van der Waals surface area (Å²) in [6, 6.07) is 6.28. The molecule has 0 fully saturated rings. The summed E-state index contributed by atoms with van der Waals surface area (Å²) in [6.07, 6.45) is 2.42. The number of aliphatic hydroxyl groups excluding tert-OH is 1. The van der Waals surface area contributed by atoms with Gasteiger partial charge in [0.15, 0.2) is 0 Å². The average molecular weight is 366 g/mol. The highest BCUT2D eigenvalue weighted by molar-refractivity contribution is 6.02. The van der Waals surface area contributed by atoms with Crippen LogP contribution >= 0.6 is 0 Å². The Morgan fingerprint density at radius 3 is 1.78 bits per heavy atom. The summed E-state index contributed by atoms with van der Waals surface area (Å²) in [5, 5.41) is 24.1. The van der Waals surface area contributed by atoms with Crippen molar-refractivity contribution >= 4 is 16.8 Å². The molecular weight excluding hydrogens is 332 g/mol. The Balaban J connectivity index is 2.50. The zero-order valence-corrected chi connectivity index (χ0v) is 18.2. The SMILES string of the molecule is CC(C)(C)C1=Cc2cc(C(C)(C)C)c(O)c3cc(C(C)(C)C)cc(c23)[C]1O. The summed E-state index contributed by atoms with van der Waals surface area (Å²) in [4.78, 5) is 0. The monoisotopic (exact) mass is 365 g/mol. The van der Waals surface area contributed by atoms with Gasteiger partial charge in [-0.05, 0) is 50.5 Å². The second kappa shape index (κ2) is 5.85. The lowest BCUT2D eigenvalue weighted by molar-refractivity contribution is 0.318. The maximum Gasteiger partial charge on any atom is 0.149 e. The van der Waals surface area contributed by atoms with Crippen molar-refractivity contribution in [1.82, 2.24) is 0 Å². The molecule has 2 aromatic carbocycles. The Morgan fingerprint density at radius 2 is 1.30 bits per heavy atom. The van der Waals surface area contributed by atoms with E-state index in [0.717, 1.165) is 38.6 Å². The minimum atomic E-state index is -0.175. The highest BCUT2D eigenvalue weighted by Gasteiger charge is 2.34. The zero-order chi connectivity index (χ0) is 20.5. The van der Waals surface area contributed by atoms with Crippen LogP contribution in [0.2, 0.25) is 0 Å². The van der Waals surface area contributed by atoms with Crippen LogP contribution in [0.25, 0.3) is 16.8 Å². The minimum Gasteiger partial charge on any atom is -0.507 e. The van der Waals surface area contributed by atoms with Crippen LogP contribution < -0.4 is 0 Å². The number of phenolic OH excluding ortho intramolecular Hbond substituents is 1. The van der Waals surface area contributed by atoms with Crippen LogP contribution in [0.15, 0.2) is 23.8 Å². The topological polar surface area (TPSA) is 40.5 Å². The fourth-order valence-corrected chi connectivity index (χ4v) is 3.83. The van der Waals surface area contributed by atoms with Crippen molar-refractivity contribution in [3.8, 4) is 5.75 Å². The second-order valence-electron chi connectivity index (χ2n) is 11.0. The first-order chi connectivity index (χ1) is 12.1. The van der Waals surface area contributed by atoms with E-state index < -0.39 is 0 Å². The summed E-state index contributed by atoms with van der Waals surface area (Å²) < 4.78 is 0. The molecule has 1 radical (unpaired) electrons. The summed E-state index contributed by atoms with van der Waals surface area (Å²) >= 11 is 0. The Hall–Kier alpha value is -1.80. The predicted octanol–water partition coefficient (Wildman–Crippen LogP) is 6.84. The number of rotatable bonds is 0. The van der Waals surface area contributed by atoms with E-state index in [1.54, 1.807) is 0 Å². The molecule has 0 aliphatic heterocycles. The van der Waals surface area contributed by atoms with Gasteiger partial charge in [0.1, 0.15) is 11.9 Å². The fourth-order valence-electron chi connectivity index (χ4n) is 3.83. The first kappa shape index (κ1) is 19.9. The lowest BCUT2D eigenvalue weighted by Crippen LogP contribution is -2.22. The lowest BCUT2D eigenvalue weighted by Gasteiger charge is -2.34. The Bertz CT molecular complexity index is 942. The molecule has 0 amide bonds. The third kappa shape index (κ3) is 3.29. The maximum absolute atomic E-state index is 11.1. The number of hydrogen-bond donors (Lipinski definition) is 2. The first-order valence-corrected chi connectivity index (χ1v) is 9.76. The molecule has 2 heteroatoms. The van der Waals surface area contributed by atoms with Crippen LogP contribution in [0.5, 0.6) is 5.75 Å². The van der Waals surface area contributed by atoms with E-state index in [-0.39, 0.29) is 16.2 Å². The van der Waals surface area contributed by atoms with Gasteiger partial charge in [0.25, 0.3) is 0 Å². The van der Waals surface area contributed by atoms with Crippen molar-refractivity contribution in [2.75, 3.05) is 0 Å². The Morgan fingerprint density at radius 1 is 0.704 bits per heavy atom. The molecular formula is C25H33O2. The third-order valence-corrected chi connectivity index (χ3v) is 5.53. The van der Waals surface area contributed by atoms with Crippen LogP contribution in [0.3, 0.4) is 0 Å². The molecule has 3 rings (SSSR count). The molecule has 0 aromatic heterocycles. The van der Waals surface area contributed by atoms with E-state index in [9.17, 15) is 10.2 Å². The van der Waals surface area contributed by atoms with Crippen LogP contribution in [0, 0.1) is 11.5 Å². The van der Waals surface area contributed by atoms with Gasteiger partial charge in [-0.15, -0.1) is 0 Å². The minimum absolute atomic E-state index is 0.0850. The quantitative estimate of drug-likeness (QED) is 0.537. The summed E-state index contributed by atoms with van der Waals surface area (Å²) in [5.41, 5.74) is 4.46. The second-order valence-corrected chi connectivity index (χ2v) is 11.0. The Labute approximate surface area is 163 Å². The molecule has 0 bridgehead atoms. The van der Waals surface area contributed by atoms with E-state index in [4.69, 9.17) is 0 Å². The van der Waals surface area contributed by atoms with Gasteiger partial charge in [-0.1, -0.05) is 74.5 Å². The van der Waals surface area contributed by atoms with E-state index in [1.807, 2.05) is 0 Å². The largest absolute Gasteiger partial charge is 0.507 e. The number of aromatic hydroxyl groups is 1. The summed E-state index contributed by atoms with van der Waals surface area (Å²) in [6.45, 7) is 19.2. The van der Waals surface area contributed by atoms with Gasteiger partial charge in [-0.2, -0.15) is 0 Å². The van der Waals surface area contributed by atoms with Crippen LogP contribution in [-0.4, -0.2) is 10.2 Å². The number of phenols is 1. The van der Waals surface area contributed by atoms with Gasteiger partial charge in [-0.25, -0.2) is 0 Å². The zero-order valence-electron chi connectivity index (χ0n) is 18.2. The molecule has 1 aliphatic rings.